The Morgan fingerprint density at radius 3 is 2.93 bits per heavy atom. The van der Waals surface area contributed by atoms with Crippen LogP contribution in [0.4, 0.5) is 4.79 Å². The number of hydrogen-bond donors (Lipinski definition) is 0. The van der Waals surface area contributed by atoms with Gasteiger partial charge in [-0.1, -0.05) is 0 Å². The molecule has 3 fully saturated rings. The van der Waals surface area contributed by atoms with E-state index in [1.807, 2.05) is 0 Å². The number of carbonyl (C=O) groups is 2. The molecule has 1 saturated carbocycles. The van der Waals surface area contributed by atoms with E-state index in [0.29, 0.717) is 25.5 Å². The Morgan fingerprint density at radius 2 is 2.36 bits per heavy atom. The zero-order chi connectivity index (χ0) is 10.1. The molecule has 2 heterocycles. The first-order valence-corrected chi connectivity index (χ1v) is 5.18. The normalized spacial score (nSPS) is 30.6. The van der Waals surface area contributed by atoms with Gasteiger partial charge < -0.3 is 4.74 Å². The lowest BCUT2D eigenvalue weighted by Gasteiger charge is -2.43. The van der Waals surface area contributed by atoms with E-state index in [1.165, 1.54) is 0 Å². The van der Waals surface area contributed by atoms with Crippen molar-refractivity contribution in [3.05, 3.63) is 0 Å². The molecule has 0 aromatic heterocycles. The van der Waals surface area contributed by atoms with E-state index < -0.39 is 0 Å². The van der Waals surface area contributed by atoms with Gasteiger partial charge in [-0.2, -0.15) is 0 Å². The molecular formula is C10H15NO3. The van der Waals surface area contributed by atoms with E-state index in [9.17, 15) is 9.59 Å². The van der Waals surface area contributed by atoms with Gasteiger partial charge in [-0.05, 0) is 25.7 Å². The summed E-state index contributed by atoms with van der Waals surface area (Å²) in [6.07, 6.45) is 2.23. The molecule has 1 amide bonds. The number of nitrogens with zero attached hydrogens (tertiary/aromatic N) is 1. The van der Waals surface area contributed by atoms with Crippen LogP contribution in [0.1, 0.15) is 26.2 Å². The second kappa shape index (κ2) is 3.59. The van der Waals surface area contributed by atoms with Crippen molar-refractivity contribution in [1.29, 1.82) is 0 Å². The van der Waals surface area contributed by atoms with Gasteiger partial charge in [0.25, 0.3) is 0 Å². The maximum Gasteiger partial charge on any atom is 0.410 e. The third-order valence-electron chi connectivity index (χ3n) is 3.04. The van der Waals surface area contributed by atoms with Crippen LogP contribution in [0.25, 0.3) is 0 Å². The minimum atomic E-state index is -0.324. The van der Waals surface area contributed by atoms with E-state index in [4.69, 9.17) is 4.74 Å². The molecule has 78 valence electrons. The number of Topliss-reactive ketones (excluding diaryl/α,β-unsaturated/α-hetero) is 1. The third-order valence-corrected chi connectivity index (χ3v) is 3.04. The Hall–Kier alpha value is -1.06. The monoisotopic (exact) mass is 197 g/mol. The molecule has 14 heavy (non-hydrogen) atoms. The van der Waals surface area contributed by atoms with Gasteiger partial charge >= 0.3 is 6.09 Å². The maximum atomic E-state index is 11.5. The molecule has 0 spiro atoms. The largest absolute Gasteiger partial charge is 0.450 e. The maximum absolute atomic E-state index is 11.5. The molecule has 3 rings (SSSR count). The highest BCUT2D eigenvalue weighted by Gasteiger charge is 2.42. The molecule has 2 saturated heterocycles. The van der Waals surface area contributed by atoms with Gasteiger partial charge in [0.1, 0.15) is 0 Å². The molecule has 1 aliphatic carbocycles. The van der Waals surface area contributed by atoms with Crippen molar-refractivity contribution >= 4 is 11.9 Å². The predicted molar refractivity (Wildman–Crippen MR) is 49.9 cm³/mol. The average Bonchev–Trinajstić information content (AvgIpc) is 2.18. The molecule has 0 unspecified atom stereocenters. The molecule has 0 N–H and O–H groups in total. The van der Waals surface area contributed by atoms with Crippen LogP contribution in [0, 0.1) is 5.92 Å². The summed E-state index contributed by atoms with van der Waals surface area (Å²) in [5.74, 6) is 0.581. The summed E-state index contributed by atoms with van der Waals surface area (Å²) in [4.78, 5) is 24.6. The van der Waals surface area contributed by atoms with Gasteiger partial charge in [-0.3, -0.25) is 9.69 Å². The standard InChI is InChI=1S/C10H15NO3/c1-2-14-10(13)11-6-7-3-4-8(11)9(12)5-7/h7-8H,2-6H2,1H3/t7-,8-/m0/s1. The van der Waals surface area contributed by atoms with Gasteiger partial charge in [0.2, 0.25) is 0 Å². The molecule has 2 bridgehead atoms. The van der Waals surface area contributed by atoms with Crippen LogP contribution in [0.3, 0.4) is 0 Å². The summed E-state index contributed by atoms with van der Waals surface area (Å²) in [7, 11) is 0. The number of fused-ring (bicyclic) bond motifs is 3. The summed E-state index contributed by atoms with van der Waals surface area (Å²) in [5.41, 5.74) is 0. The second-order valence-corrected chi connectivity index (χ2v) is 3.98. The van der Waals surface area contributed by atoms with E-state index in [-0.39, 0.29) is 17.9 Å². The Kier molecular flexibility index (Phi) is 2.44. The number of ketones is 1. The lowest BCUT2D eigenvalue weighted by atomic mass is 9.79. The minimum absolute atomic E-state index is 0.195. The van der Waals surface area contributed by atoms with Crippen molar-refractivity contribution in [3.8, 4) is 0 Å². The van der Waals surface area contributed by atoms with Gasteiger partial charge in [0.15, 0.2) is 5.78 Å². The molecule has 2 aliphatic heterocycles. The number of ether oxygens (including phenoxy) is 1. The van der Waals surface area contributed by atoms with Crippen molar-refractivity contribution in [3.63, 3.8) is 0 Å². The lowest BCUT2D eigenvalue weighted by Crippen LogP contribution is -2.55. The molecule has 0 radical (unpaired) electrons. The summed E-state index contributed by atoms with van der Waals surface area (Å²) >= 11 is 0. The smallest absolute Gasteiger partial charge is 0.410 e. The van der Waals surface area contributed by atoms with E-state index in [1.54, 1.807) is 11.8 Å². The molecule has 4 heteroatoms. The lowest BCUT2D eigenvalue weighted by molar-refractivity contribution is -0.131. The van der Waals surface area contributed by atoms with Gasteiger partial charge in [-0.15, -0.1) is 0 Å². The Labute approximate surface area is 83.2 Å². The zero-order valence-electron chi connectivity index (χ0n) is 8.36. The van der Waals surface area contributed by atoms with Crippen molar-refractivity contribution < 1.29 is 14.3 Å². The van der Waals surface area contributed by atoms with Crippen LogP contribution >= 0.6 is 0 Å². The molecule has 0 aromatic carbocycles. The van der Waals surface area contributed by atoms with E-state index in [0.717, 1.165) is 12.8 Å². The third kappa shape index (κ3) is 1.49. The highest BCUT2D eigenvalue weighted by Crippen LogP contribution is 2.32. The first-order chi connectivity index (χ1) is 6.72. The van der Waals surface area contributed by atoms with Gasteiger partial charge in [0.05, 0.1) is 12.6 Å². The van der Waals surface area contributed by atoms with Crippen LogP contribution in [0.2, 0.25) is 0 Å². The Morgan fingerprint density at radius 1 is 1.57 bits per heavy atom. The number of amides is 1. The van der Waals surface area contributed by atoms with Crippen molar-refractivity contribution in [1.82, 2.24) is 4.90 Å². The number of rotatable bonds is 1. The molecule has 4 nitrogen and oxygen atoms in total. The molecular weight excluding hydrogens is 182 g/mol. The van der Waals surface area contributed by atoms with Crippen LogP contribution < -0.4 is 0 Å². The molecule has 3 aliphatic rings. The fourth-order valence-electron chi connectivity index (χ4n) is 2.38. The highest BCUT2D eigenvalue weighted by atomic mass is 16.6. The van der Waals surface area contributed by atoms with Gasteiger partial charge in [0, 0.05) is 13.0 Å². The first-order valence-electron chi connectivity index (χ1n) is 5.18. The van der Waals surface area contributed by atoms with Crippen LogP contribution in [0.5, 0.6) is 0 Å². The first kappa shape index (κ1) is 9.49. The van der Waals surface area contributed by atoms with E-state index in [2.05, 4.69) is 0 Å². The van der Waals surface area contributed by atoms with Gasteiger partial charge in [-0.25, -0.2) is 4.79 Å². The molecule has 2 atom stereocenters. The van der Waals surface area contributed by atoms with Crippen molar-refractivity contribution in [2.24, 2.45) is 5.92 Å². The number of hydrogen-bond acceptors (Lipinski definition) is 3. The number of piperidine rings is 2. The SMILES string of the molecule is CCOC(=O)N1C[C@H]2CC[C@H]1C(=O)C2. The summed E-state index contributed by atoms with van der Waals surface area (Å²) in [5, 5.41) is 0. The average molecular weight is 197 g/mol. The van der Waals surface area contributed by atoms with Crippen LogP contribution in [0.15, 0.2) is 0 Å². The highest BCUT2D eigenvalue weighted by molar-refractivity contribution is 5.89. The fraction of sp³-hybridized carbons (Fsp3) is 0.800. The summed E-state index contributed by atoms with van der Waals surface area (Å²) < 4.78 is 4.92. The predicted octanol–water partition coefficient (Wildman–Crippen LogP) is 1.20. The zero-order valence-corrected chi connectivity index (χ0v) is 8.36. The topological polar surface area (TPSA) is 46.6 Å². The van der Waals surface area contributed by atoms with E-state index >= 15 is 0 Å². The Balaban J connectivity index is 2.06. The van der Waals surface area contributed by atoms with Crippen LogP contribution in [-0.4, -0.2) is 36.0 Å². The molecule has 0 aromatic rings. The minimum Gasteiger partial charge on any atom is -0.450 e. The number of carbonyl (C=O) groups excluding carboxylic acids is 2. The second-order valence-electron chi connectivity index (χ2n) is 3.98. The summed E-state index contributed by atoms with van der Waals surface area (Å²) in [6, 6.07) is -0.195. The fourth-order valence-corrected chi connectivity index (χ4v) is 2.38. The Bertz CT molecular complexity index is 264. The van der Waals surface area contributed by atoms with Crippen molar-refractivity contribution in [2.45, 2.75) is 32.2 Å². The van der Waals surface area contributed by atoms with Crippen molar-refractivity contribution in [2.75, 3.05) is 13.2 Å². The van der Waals surface area contributed by atoms with Crippen LogP contribution in [-0.2, 0) is 9.53 Å². The summed E-state index contributed by atoms with van der Waals surface area (Å²) in [6.45, 7) is 2.86. The quantitative estimate of drug-likeness (QED) is 0.634.